The van der Waals surface area contributed by atoms with Gasteiger partial charge in [0.25, 0.3) is 0 Å². The van der Waals surface area contributed by atoms with E-state index in [1.807, 2.05) is 0 Å². The molecule has 0 aromatic heterocycles. The van der Waals surface area contributed by atoms with E-state index in [4.69, 9.17) is 5.11 Å². The third-order valence-corrected chi connectivity index (χ3v) is 2.35. The first-order valence-electron chi connectivity index (χ1n) is 3.84. The minimum atomic E-state index is -0.735. The van der Waals surface area contributed by atoms with Crippen molar-refractivity contribution in [3.05, 3.63) is 0 Å². The fourth-order valence-electron chi connectivity index (χ4n) is 1.42. The van der Waals surface area contributed by atoms with Gasteiger partial charge in [-0.1, -0.05) is 0 Å². The summed E-state index contributed by atoms with van der Waals surface area (Å²) >= 11 is 0. The lowest BCUT2D eigenvalue weighted by atomic mass is 9.89. The molecule has 1 saturated heterocycles. The summed E-state index contributed by atoms with van der Waals surface area (Å²) in [6.07, 6.45) is 1.33. The Morgan fingerprint density at radius 3 is 2.36 bits per heavy atom. The van der Waals surface area contributed by atoms with Crippen molar-refractivity contribution in [3.63, 3.8) is 0 Å². The molecule has 11 heavy (non-hydrogen) atoms. The van der Waals surface area contributed by atoms with Crippen molar-refractivity contribution in [1.82, 2.24) is 10.6 Å². The maximum atomic E-state index is 10.8. The molecule has 0 aromatic carbocycles. The minimum Gasteiger partial charge on any atom is -0.480 e. The second kappa shape index (κ2) is 3.19. The second-order valence-corrected chi connectivity index (χ2v) is 2.89. The fraction of sp³-hybridized carbons (Fsp3) is 0.857. The molecule has 4 heteroatoms. The number of piperidine rings is 1. The molecule has 0 unspecified atom stereocenters. The smallest absolute Gasteiger partial charge is 0.323 e. The average Bonchev–Trinajstić information content (AvgIpc) is 2.05. The van der Waals surface area contributed by atoms with E-state index in [1.165, 1.54) is 0 Å². The van der Waals surface area contributed by atoms with Crippen LogP contribution in [0.1, 0.15) is 12.8 Å². The van der Waals surface area contributed by atoms with Gasteiger partial charge in [0.2, 0.25) is 0 Å². The number of carboxylic acid groups (broad SMARTS) is 1. The minimum absolute atomic E-state index is 0.666. The molecule has 1 rings (SSSR count). The van der Waals surface area contributed by atoms with Gasteiger partial charge in [0.05, 0.1) is 0 Å². The van der Waals surface area contributed by atoms with Crippen LogP contribution in [0.2, 0.25) is 0 Å². The summed E-state index contributed by atoms with van der Waals surface area (Å²) in [5.41, 5.74) is -0.675. The van der Waals surface area contributed by atoms with E-state index in [9.17, 15) is 4.79 Å². The largest absolute Gasteiger partial charge is 0.480 e. The first kappa shape index (κ1) is 8.49. The molecule has 1 heterocycles. The second-order valence-electron chi connectivity index (χ2n) is 2.89. The number of likely N-dealkylation sites (N-methyl/N-ethyl adjacent to an activating group) is 1. The van der Waals surface area contributed by atoms with Gasteiger partial charge in [0, 0.05) is 0 Å². The van der Waals surface area contributed by atoms with E-state index >= 15 is 0 Å². The summed E-state index contributed by atoms with van der Waals surface area (Å²) in [5.74, 6) is -0.735. The molecule has 4 nitrogen and oxygen atoms in total. The van der Waals surface area contributed by atoms with E-state index in [-0.39, 0.29) is 0 Å². The predicted octanol–water partition coefficient (Wildman–Crippen LogP) is -0.587. The van der Waals surface area contributed by atoms with Crippen molar-refractivity contribution in [2.75, 3.05) is 20.1 Å². The number of nitrogens with one attached hydrogen (secondary N) is 2. The van der Waals surface area contributed by atoms with Crippen molar-refractivity contribution in [1.29, 1.82) is 0 Å². The first-order valence-corrected chi connectivity index (χ1v) is 3.84. The third kappa shape index (κ3) is 1.52. The lowest BCUT2D eigenvalue weighted by Gasteiger charge is -2.32. The zero-order chi connectivity index (χ0) is 8.32. The van der Waals surface area contributed by atoms with Crippen LogP contribution in [-0.2, 0) is 4.79 Å². The Balaban J connectivity index is 2.64. The van der Waals surface area contributed by atoms with Crippen molar-refractivity contribution < 1.29 is 9.90 Å². The van der Waals surface area contributed by atoms with Gasteiger partial charge in [0.1, 0.15) is 5.54 Å². The van der Waals surface area contributed by atoms with Gasteiger partial charge in [-0.25, -0.2) is 0 Å². The van der Waals surface area contributed by atoms with Crippen molar-refractivity contribution in [3.8, 4) is 0 Å². The number of carbonyl (C=O) groups is 1. The van der Waals surface area contributed by atoms with Crippen molar-refractivity contribution >= 4 is 5.97 Å². The van der Waals surface area contributed by atoms with Gasteiger partial charge >= 0.3 is 5.97 Å². The van der Waals surface area contributed by atoms with E-state index < -0.39 is 11.5 Å². The number of rotatable bonds is 2. The molecule has 0 spiro atoms. The fourth-order valence-corrected chi connectivity index (χ4v) is 1.42. The van der Waals surface area contributed by atoms with Gasteiger partial charge < -0.3 is 15.7 Å². The van der Waals surface area contributed by atoms with Crippen LogP contribution in [0.5, 0.6) is 0 Å². The topological polar surface area (TPSA) is 61.4 Å². The monoisotopic (exact) mass is 158 g/mol. The predicted molar refractivity (Wildman–Crippen MR) is 41.5 cm³/mol. The van der Waals surface area contributed by atoms with Crippen LogP contribution >= 0.6 is 0 Å². The van der Waals surface area contributed by atoms with E-state index in [0.29, 0.717) is 12.8 Å². The molecule has 0 saturated carbocycles. The maximum absolute atomic E-state index is 10.8. The highest BCUT2D eigenvalue weighted by Crippen LogP contribution is 2.17. The Morgan fingerprint density at radius 2 is 2.09 bits per heavy atom. The Hall–Kier alpha value is -0.610. The summed E-state index contributed by atoms with van der Waals surface area (Å²) in [4.78, 5) is 10.8. The highest BCUT2D eigenvalue weighted by Gasteiger charge is 2.37. The summed E-state index contributed by atoms with van der Waals surface area (Å²) in [6, 6.07) is 0. The molecule has 1 aliphatic rings. The van der Waals surface area contributed by atoms with Gasteiger partial charge in [-0.2, -0.15) is 0 Å². The van der Waals surface area contributed by atoms with Gasteiger partial charge in [-0.05, 0) is 33.0 Å². The van der Waals surface area contributed by atoms with Crippen molar-refractivity contribution in [2.24, 2.45) is 0 Å². The average molecular weight is 158 g/mol. The van der Waals surface area contributed by atoms with Gasteiger partial charge in [-0.15, -0.1) is 0 Å². The Labute approximate surface area is 66.0 Å². The first-order chi connectivity index (χ1) is 5.21. The molecule has 0 aromatic rings. The Bertz CT molecular complexity index is 153. The zero-order valence-corrected chi connectivity index (χ0v) is 6.68. The highest BCUT2D eigenvalue weighted by atomic mass is 16.4. The Kier molecular flexibility index (Phi) is 2.46. The molecular weight excluding hydrogens is 144 g/mol. The third-order valence-electron chi connectivity index (χ3n) is 2.35. The number of carboxylic acids is 1. The van der Waals surface area contributed by atoms with E-state index in [0.717, 1.165) is 13.1 Å². The lowest BCUT2D eigenvalue weighted by molar-refractivity contribution is -0.145. The summed E-state index contributed by atoms with van der Waals surface area (Å²) in [5, 5.41) is 14.9. The summed E-state index contributed by atoms with van der Waals surface area (Å²) in [6.45, 7) is 1.57. The zero-order valence-electron chi connectivity index (χ0n) is 6.68. The van der Waals surface area contributed by atoms with Crippen LogP contribution in [0.15, 0.2) is 0 Å². The molecule has 0 radical (unpaired) electrons. The van der Waals surface area contributed by atoms with E-state index in [2.05, 4.69) is 10.6 Å². The normalized spacial score (nSPS) is 23.0. The van der Waals surface area contributed by atoms with Crippen molar-refractivity contribution in [2.45, 2.75) is 18.4 Å². The van der Waals surface area contributed by atoms with Crippen LogP contribution in [0, 0.1) is 0 Å². The number of hydrogen-bond acceptors (Lipinski definition) is 3. The summed E-state index contributed by atoms with van der Waals surface area (Å²) < 4.78 is 0. The van der Waals surface area contributed by atoms with Crippen LogP contribution in [-0.4, -0.2) is 36.8 Å². The summed E-state index contributed by atoms with van der Waals surface area (Å²) in [7, 11) is 1.71. The molecule has 0 amide bonds. The molecule has 1 aliphatic heterocycles. The lowest BCUT2D eigenvalue weighted by Crippen LogP contribution is -2.56. The van der Waals surface area contributed by atoms with Crippen LogP contribution in [0.3, 0.4) is 0 Å². The van der Waals surface area contributed by atoms with Crippen LogP contribution in [0.25, 0.3) is 0 Å². The SMILES string of the molecule is CNC1(C(=O)O)CCNCC1. The molecule has 0 aliphatic carbocycles. The molecule has 0 bridgehead atoms. The van der Waals surface area contributed by atoms with Gasteiger partial charge in [0.15, 0.2) is 0 Å². The number of hydrogen-bond donors (Lipinski definition) is 3. The molecular formula is C7H14N2O2. The standard InChI is InChI=1S/C7H14N2O2/c1-8-7(6(10)11)2-4-9-5-3-7/h8-9H,2-5H2,1H3,(H,10,11). The molecule has 64 valence electrons. The number of aliphatic carboxylic acids is 1. The van der Waals surface area contributed by atoms with E-state index in [1.54, 1.807) is 7.05 Å². The van der Waals surface area contributed by atoms with Crippen LogP contribution < -0.4 is 10.6 Å². The molecule has 0 atom stereocenters. The van der Waals surface area contributed by atoms with Gasteiger partial charge in [-0.3, -0.25) is 4.79 Å². The quantitative estimate of drug-likeness (QED) is 0.503. The Morgan fingerprint density at radius 1 is 1.55 bits per heavy atom. The molecule has 1 fully saturated rings. The molecule has 3 N–H and O–H groups in total. The van der Waals surface area contributed by atoms with Crippen LogP contribution in [0.4, 0.5) is 0 Å². The maximum Gasteiger partial charge on any atom is 0.323 e. The highest BCUT2D eigenvalue weighted by molar-refractivity contribution is 5.78.